The number of aliphatic hydroxyl groups is 2. The van der Waals surface area contributed by atoms with Gasteiger partial charge >= 0.3 is 5.97 Å². The van der Waals surface area contributed by atoms with Gasteiger partial charge < -0.3 is 90.0 Å². The van der Waals surface area contributed by atoms with Gasteiger partial charge in [0.1, 0.15) is 53.5 Å². The van der Waals surface area contributed by atoms with E-state index in [1.165, 1.54) is 72.8 Å². The molecule has 430 valence electrons. The Labute approximate surface area is 453 Å². The largest absolute Gasteiger partial charge is 0.508 e. The smallest absolute Gasteiger partial charge is 0.328 e. The van der Waals surface area contributed by atoms with E-state index in [1.54, 1.807) is 13.8 Å². The number of nitrogens with one attached hydrogen (secondary N) is 9. The summed E-state index contributed by atoms with van der Waals surface area (Å²) >= 11 is 0. The van der Waals surface area contributed by atoms with Crippen LogP contribution in [0.3, 0.4) is 0 Å². The number of carboxylic acid groups (broad SMARTS) is 1. The van der Waals surface area contributed by atoms with Crippen LogP contribution in [-0.4, -0.2) is 170 Å². The summed E-state index contributed by atoms with van der Waals surface area (Å²) in [6, 6.07) is 6.33. The summed E-state index contributed by atoms with van der Waals surface area (Å²) < 4.78 is 0. The van der Waals surface area contributed by atoms with Crippen molar-refractivity contribution in [2.45, 2.75) is 108 Å². The van der Waals surface area contributed by atoms with Crippen LogP contribution in [0, 0.1) is 5.92 Å². The standard InChI is InChI=1S/C51H69N11O17/c1-26(2)18-36(60-45(72)34(52)25-63)48(75)61-39(21-30-8-14-33(67)15-9-30)49(76)59-35(16-17-40(53)68)46(73)55-22-41(69)54-23-42(70)57-37(19-28-4-10-31(65)11-5-28)47(74)56-24-43(71)58-38(20-29-6-12-32(66)13-7-29)50(77)62-44(27(3)64)51(78)79/h4-15,26-27,34-39,44,63-67H,16-25,52H2,1-3H3,(H2,53,68)(H,54,69)(H,55,73)(H,56,74)(H,57,70)(H,58,71)(H,59,76)(H,60,72)(H,61,75)(H,62,77)(H,78,79)/t27-,34+,35+,36+,37+,38+,39+,44+/m1/s1. The molecule has 0 heterocycles. The van der Waals surface area contributed by atoms with Crippen LogP contribution in [0.2, 0.25) is 0 Å². The zero-order valence-corrected chi connectivity index (χ0v) is 43.5. The molecule has 79 heavy (non-hydrogen) atoms. The quantitative estimate of drug-likeness (QED) is 0.0279. The third-order valence-corrected chi connectivity index (χ3v) is 11.6. The molecule has 0 bridgehead atoms. The van der Waals surface area contributed by atoms with Gasteiger partial charge in [-0.1, -0.05) is 50.2 Å². The van der Waals surface area contributed by atoms with Crippen molar-refractivity contribution in [3.8, 4) is 17.2 Å². The minimum Gasteiger partial charge on any atom is -0.508 e. The number of primary amides is 1. The Balaban J connectivity index is 1.71. The Kier molecular flexibility index (Phi) is 26.1. The fraction of sp³-hybridized carbons (Fsp3) is 0.431. The second kappa shape index (κ2) is 32.0. The molecular formula is C51H69N11O17. The number of aromatic hydroxyl groups is 3. The molecule has 0 aliphatic heterocycles. The number of rotatable bonds is 32. The highest BCUT2D eigenvalue weighted by Crippen LogP contribution is 2.15. The molecular weight excluding hydrogens is 1040 g/mol. The predicted molar refractivity (Wildman–Crippen MR) is 278 cm³/mol. The van der Waals surface area contributed by atoms with E-state index in [0.29, 0.717) is 16.7 Å². The molecule has 3 aromatic rings. The van der Waals surface area contributed by atoms with Gasteiger partial charge in [0.05, 0.1) is 32.3 Å². The van der Waals surface area contributed by atoms with Crippen molar-refractivity contribution >= 4 is 65.0 Å². The molecule has 0 saturated carbocycles. The SMILES string of the molecule is CC(C)C[C@H](NC(=O)[C@@H](N)CO)C(=O)N[C@@H](Cc1ccc(O)cc1)C(=O)N[C@@H](CCC(N)=O)C(=O)NCC(=O)NCC(=O)N[C@@H](Cc1ccc(O)cc1)C(=O)NCC(=O)N[C@@H](Cc1ccc(O)cc1)C(=O)N[C@H](C(=O)O)[C@@H](C)O. The summed E-state index contributed by atoms with van der Waals surface area (Å²) in [5, 5.41) is 79.4. The fourth-order valence-electron chi connectivity index (χ4n) is 7.35. The molecule has 28 nitrogen and oxygen atoms in total. The van der Waals surface area contributed by atoms with Crippen LogP contribution in [0.25, 0.3) is 0 Å². The van der Waals surface area contributed by atoms with Crippen LogP contribution in [-0.2, 0) is 72.0 Å². The molecule has 0 aliphatic rings. The van der Waals surface area contributed by atoms with E-state index < -0.39 is 146 Å². The van der Waals surface area contributed by atoms with E-state index in [1.807, 2.05) is 0 Å². The number of nitrogens with two attached hydrogens (primary N) is 2. The average molecular weight is 1110 g/mol. The summed E-state index contributed by atoms with van der Waals surface area (Å²) in [6.45, 7) is 1.57. The van der Waals surface area contributed by atoms with Crippen LogP contribution in [0.15, 0.2) is 72.8 Å². The van der Waals surface area contributed by atoms with Gasteiger partial charge in [0.15, 0.2) is 6.04 Å². The molecule has 19 N–H and O–H groups in total. The molecule has 0 aliphatic carbocycles. The van der Waals surface area contributed by atoms with Gasteiger partial charge in [-0.15, -0.1) is 0 Å². The summed E-state index contributed by atoms with van der Waals surface area (Å²) in [4.78, 5) is 144. The molecule has 0 radical (unpaired) electrons. The second-order valence-corrected chi connectivity index (χ2v) is 18.7. The van der Waals surface area contributed by atoms with E-state index in [2.05, 4.69) is 47.9 Å². The number of aliphatic hydroxyl groups excluding tert-OH is 2. The minimum absolute atomic E-state index is 0.0796. The Morgan fingerprint density at radius 2 is 0.848 bits per heavy atom. The zero-order valence-electron chi connectivity index (χ0n) is 43.5. The number of amides is 10. The lowest BCUT2D eigenvalue weighted by molar-refractivity contribution is -0.145. The van der Waals surface area contributed by atoms with Gasteiger partial charge in [0, 0.05) is 25.7 Å². The highest BCUT2D eigenvalue weighted by atomic mass is 16.4. The number of hydrogen-bond donors (Lipinski definition) is 17. The van der Waals surface area contributed by atoms with Crippen molar-refractivity contribution in [1.29, 1.82) is 0 Å². The van der Waals surface area contributed by atoms with Crippen LogP contribution in [0.1, 0.15) is 56.7 Å². The van der Waals surface area contributed by atoms with Gasteiger partial charge in [0.2, 0.25) is 59.1 Å². The van der Waals surface area contributed by atoms with E-state index >= 15 is 0 Å². The topological polar surface area (TPSA) is 469 Å². The molecule has 0 saturated heterocycles. The first-order chi connectivity index (χ1) is 37.2. The zero-order chi connectivity index (χ0) is 58.9. The summed E-state index contributed by atoms with van der Waals surface area (Å²) in [7, 11) is 0. The lowest BCUT2D eigenvalue weighted by Crippen LogP contribution is -2.59. The third-order valence-electron chi connectivity index (χ3n) is 11.6. The minimum atomic E-state index is -1.75. The van der Waals surface area contributed by atoms with Crippen LogP contribution in [0.5, 0.6) is 17.2 Å². The van der Waals surface area contributed by atoms with E-state index in [0.717, 1.165) is 6.92 Å². The van der Waals surface area contributed by atoms with Crippen molar-refractivity contribution in [3.05, 3.63) is 89.5 Å². The van der Waals surface area contributed by atoms with Gasteiger partial charge in [0.25, 0.3) is 0 Å². The van der Waals surface area contributed by atoms with Crippen molar-refractivity contribution in [2.75, 3.05) is 26.2 Å². The van der Waals surface area contributed by atoms with Crippen LogP contribution < -0.4 is 59.3 Å². The van der Waals surface area contributed by atoms with Crippen molar-refractivity contribution < 1.29 is 83.4 Å². The summed E-state index contributed by atoms with van der Waals surface area (Å²) in [6.07, 6.45) is -2.94. The Bertz CT molecular complexity index is 2600. The molecule has 0 spiro atoms. The van der Waals surface area contributed by atoms with Crippen LogP contribution >= 0.6 is 0 Å². The molecule has 28 heteroatoms. The van der Waals surface area contributed by atoms with E-state index in [4.69, 9.17) is 11.5 Å². The molecule has 0 aromatic heterocycles. The van der Waals surface area contributed by atoms with Crippen molar-refractivity contribution in [2.24, 2.45) is 17.4 Å². The summed E-state index contributed by atoms with van der Waals surface area (Å²) in [5.74, 6) is -11.3. The van der Waals surface area contributed by atoms with Crippen molar-refractivity contribution in [3.63, 3.8) is 0 Å². The number of carbonyl (C=O) groups is 11. The highest BCUT2D eigenvalue weighted by Gasteiger charge is 2.33. The van der Waals surface area contributed by atoms with Gasteiger partial charge in [-0.3, -0.25) is 47.9 Å². The monoisotopic (exact) mass is 1110 g/mol. The maximum atomic E-state index is 14.0. The number of carbonyl (C=O) groups excluding carboxylic acids is 10. The fourth-order valence-corrected chi connectivity index (χ4v) is 7.35. The lowest BCUT2D eigenvalue weighted by atomic mass is 10.00. The predicted octanol–water partition coefficient (Wildman–Crippen LogP) is -4.81. The molecule has 3 rings (SSSR count). The number of aliphatic carboxylic acids is 1. The number of carboxylic acids is 1. The Morgan fingerprint density at radius 1 is 0.481 bits per heavy atom. The van der Waals surface area contributed by atoms with Gasteiger partial charge in [-0.25, -0.2) is 4.79 Å². The lowest BCUT2D eigenvalue weighted by Gasteiger charge is -2.26. The molecule has 0 fully saturated rings. The van der Waals surface area contributed by atoms with E-state index in [9.17, 15) is 83.4 Å². The van der Waals surface area contributed by atoms with Gasteiger partial charge in [-0.2, -0.15) is 0 Å². The number of benzene rings is 3. The first kappa shape index (κ1) is 64.4. The Hall–Kier alpha value is -8.89. The third kappa shape index (κ3) is 23.5. The molecule has 3 aromatic carbocycles. The highest BCUT2D eigenvalue weighted by molar-refractivity contribution is 5.97. The molecule has 8 atom stereocenters. The Morgan fingerprint density at radius 3 is 1.27 bits per heavy atom. The van der Waals surface area contributed by atoms with Crippen LogP contribution in [0.4, 0.5) is 0 Å². The number of phenols is 3. The first-order valence-electron chi connectivity index (χ1n) is 24.8. The molecule has 10 amide bonds. The van der Waals surface area contributed by atoms with E-state index in [-0.39, 0.29) is 55.3 Å². The first-order valence-corrected chi connectivity index (χ1v) is 24.8. The second-order valence-electron chi connectivity index (χ2n) is 18.7. The molecule has 0 unspecified atom stereocenters. The maximum absolute atomic E-state index is 14.0. The summed E-state index contributed by atoms with van der Waals surface area (Å²) in [5.41, 5.74) is 12.3. The number of phenolic OH excluding ortho intramolecular Hbond substituents is 3. The van der Waals surface area contributed by atoms with Crippen molar-refractivity contribution in [1.82, 2.24) is 47.9 Å². The maximum Gasteiger partial charge on any atom is 0.328 e. The normalized spacial score (nSPS) is 14.0. The average Bonchev–Trinajstić information content (AvgIpc) is 3.40. The number of hydrogen-bond acceptors (Lipinski definition) is 17. The van der Waals surface area contributed by atoms with Gasteiger partial charge in [-0.05, 0) is 78.8 Å².